The molecule has 0 saturated carbocycles. The number of nitrogens with zero attached hydrogens (tertiary/aromatic N) is 1. The Morgan fingerprint density at radius 2 is 1.83 bits per heavy atom. The van der Waals surface area contributed by atoms with E-state index in [1.807, 2.05) is 0 Å². The smallest absolute Gasteiger partial charge is 0.187 e. The molecule has 1 aromatic heterocycles. The van der Waals surface area contributed by atoms with E-state index < -0.39 is 0 Å². The van der Waals surface area contributed by atoms with Crippen LogP contribution in [0.1, 0.15) is 16.1 Å². The Labute approximate surface area is 115 Å². The number of rotatable bonds is 3. The highest BCUT2D eigenvalue weighted by molar-refractivity contribution is 6.36. The maximum absolute atomic E-state index is 12.1. The van der Waals surface area contributed by atoms with Crippen molar-refractivity contribution in [3.63, 3.8) is 0 Å². The molecule has 18 heavy (non-hydrogen) atoms. The molecule has 0 amide bonds. The average molecular weight is 281 g/mol. The van der Waals surface area contributed by atoms with E-state index in [9.17, 15) is 4.79 Å². The Morgan fingerprint density at radius 3 is 2.44 bits per heavy atom. The number of benzene rings is 1. The van der Waals surface area contributed by atoms with E-state index in [0.717, 1.165) is 0 Å². The minimum atomic E-state index is -0.205. The van der Waals surface area contributed by atoms with Crippen molar-refractivity contribution in [2.45, 2.75) is 6.42 Å². The summed E-state index contributed by atoms with van der Waals surface area (Å²) >= 11 is 12.0. The molecule has 1 aromatic carbocycles. The van der Waals surface area contributed by atoms with E-state index in [0.29, 0.717) is 21.3 Å². The van der Waals surface area contributed by atoms with Gasteiger partial charge < -0.3 is 5.73 Å². The van der Waals surface area contributed by atoms with Crippen molar-refractivity contribution in [1.82, 2.24) is 4.98 Å². The molecule has 0 aliphatic carbocycles. The average Bonchev–Trinajstić information content (AvgIpc) is 2.34. The fourth-order valence-corrected chi connectivity index (χ4v) is 2.13. The number of ketones is 1. The summed E-state index contributed by atoms with van der Waals surface area (Å²) in [6.07, 6.45) is 1.61. The number of Topliss-reactive ketones (excluding diaryl/α,β-unsaturated/α-hetero) is 1. The summed E-state index contributed by atoms with van der Waals surface area (Å²) in [7, 11) is 0. The van der Waals surface area contributed by atoms with Crippen LogP contribution in [0.3, 0.4) is 0 Å². The van der Waals surface area contributed by atoms with Gasteiger partial charge in [-0.25, -0.2) is 0 Å². The van der Waals surface area contributed by atoms with Crippen molar-refractivity contribution in [2.75, 3.05) is 5.73 Å². The van der Waals surface area contributed by atoms with Gasteiger partial charge in [0.2, 0.25) is 0 Å². The fraction of sp³-hybridized carbons (Fsp3) is 0.0769. The van der Waals surface area contributed by atoms with Gasteiger partial charge in [-0.2, -0.15) is 0 Å². The predicted molar refractivity (Wildman–Crippen MR) is 73.1 cm³/mol. The second kappa shape index (κ2) is 5.38. The van der Waals surface area contributed by atoms with Crippen molar-refractivity contribution in [2.24, 2.45) is 0 Å². The maximum Gasteiger partial charge on any atom is 0.187 e. The lowest BCUT2D eigenvalue weighted by atomic mass is 10.1. The molecule has 0 fully saturated rings. The van der Waals surface area contributed by atoms with Gasteiger partial charge >= 0.3 is 0 Å². The molecular formula is C13H10Cl2N2O. The predicted octanol–water partition coefficient (Wildman–Crippen LogP) is 3.40. The SMILES string of the molecule is Nc1cccnc1C(=O)Cc1c(Cl)cccc1Cl. The van der Waals surface area contributed by atoms with Crippen molar-refractivity contribution in [3.05, 3.63) is 57.8 Å². The van der Waals surface area contributed by atoms with Crippen LogP contribution >= 0.6 is 23.2 Å². The molecule has 0 aliphatic rings. The number of aromatic nitrogens is 1. The Bertz CT molecular complexity index is 579. The number of pyridine rings is 1. The summed E-state index contributed by atoms with van der Waals surface area (Å²) in [6, 6.07) is 8.42. The molecule has 1 heterocycles. The van der Waals surface area contributed by atoms with Crippen molar-refractivity contribution >= 4 is 34.7 Å². The second-order valence-electron chi connectivity index (χ2n) is 3.74. The summed E-state index contributed by atoms with van der Waals surface area (Å²) in [6.45, 7) is 0. The molecule has 0 radical (unpaired) electrons. The molecule has 2 rings (SSSR count). The lowest BCUT2D eigenvalue weighted by molar-refractivity contribution is 0.0989. The molecular weight excluding hydrogens is 271 g/mol. The minimum absolute atomic E-state index is 0.0831. The van der Waals surface area contributed by atoms with Crippen LogP contribution in [0.25, 0.3) is 0 Å². The summed E-state index contributed by atoms with van der Waals surface area (Å²) in [5.74, 6) is -0.205. The third-order valence-corrected chi connectivity index (χ3v) is 3.21. The lowest BCUT2D eigenvalue weighted by Gasteiger charge is -2.07. The Morgan fingerprint density at radius 1 is 1.17 bits per heavy atom. The topological polar surface area (TPSA) is 56.0 Å². The summed E-state index contributed by atoms with van der Waals surface area (Å²) in [4.78, 5) is 16.1. The van der Waals surface area contributed by atoms with Crippen LogP contribution in [0.5, 0.6) is 0 Å². The van der Waals surface area contributed by atoms with Gasteiger partial charge in [0.05, 0.1) is 5.69 Å². The van der Waals surface area contributed by atoms with Gasteiger partial charge in [-0.15, -0.1) is 0 Å². The van der Waals surface area contributed by atoms with Gasteiger partial charge in [0, 0.05) is 22.7 Å². The van der Waals surface area contributed by atoms with E-state index in [1.54, 1.807) is 30.3 Å². The third kappa shape index (κ3) is 2.63. The van der Waals surface area contributed by atoms with Crippen molar-refractivity contribution in [1.29, 1.82) is 0 Å². The van der Waals surface area contributed by atoms with E-state index in [2.05, 4.69) is 4.98 Å². The van der Waals surface area contributed by atoms with Gasteiger partial charge in [0.15, 0.2) is 5.78 Å². The van der Waals surface area contributed by atoms with Crippen LogP contribution in [0.4, 0.5) is 5.69 Å². The zero-order valence-electron chi connectivity index (χ0n) is 9.36. The first kappa shape index (κ1) is 12.9. The van der Waals surface area contributed by atoms with Crippen LogP contribution in [0, 0.1) is 0 Å². The number of halogens is 2. The van der Waals surface area contributed by atoms with E-state index in [-0.39, 0.29) is 17.9 Å². The summed E-state index contributed by atoms with van der Waals surface area (Å²) in [5.41, 5.74) is 6.89. The van der Waals surface area contributed by atoms with Gasteiger partial charge in [0.1, 0.15) is 5.69 Å². The third-order valence-electron chi connectivity index (χ3n) is 2.50. The molecule has 2 aromatic rings. The number of carbonyl (C=O) groups excluding carboxylic acids is 1. The molecule has 0 atom stereocenters. The molecule has 2 N–H and O–H groups in total. The molecule has 0 bridgehead atoms. The monoisotopic (exact) mass is 280 g/mol. The molecule has 5 heteroatoms. The van der Waals surface area contributed by atoms with Crippen LogP contribution in [-0.2, 0) is 6.42 Å². The minimum Gasteiger partial charge on any atom is -0.397 e. The highest BCUT2D eigenvalue weighted by Crippen LogP contribution is 2.26. The van der Waals surface area contributed by atoms with Gasteiger partial charge in [-0.05, 0) is 29.8 Å². The highest BCUT2D eigenvalue weighted by atomic mass is 35.5. The van der Waals surface area contributed by atoms with Crippen LogP contribution in [-0.4, -0.2) is 10.8 Å². The van der Waals surface area contributed by atoms with E-state index in [1.165, 1.54) is 6.20 Å². The Kier molecular flexibility index (Phi) is 3.84. The number of hydrogen-bond acceptors (Lipinski definition) is 3. The van der Waals surface area contributed by atoms with E-state index in [4.69, 9.17) is 28.9 Å². The fourth-order valence-electron chi connectivity index (χ4n) is 1.60. The zero-order valence-corrected chi connectivity index (χ0v) is 10.9. The molecule has 0 aliphatic heterocycles. The molecule has 0 unspecified atom stereocenters. The number of nitrogen functional groups attached to an aromatic ring is 1. The first-order valence-electron chi connectivity index (χ1n) is 5.26. The number of hydrogen-bond donors (Lipinski definition) is 1. The van der Waals surface area contributed by atoms with Crippen molar-refractivity contribution < 1.29 is 4.79 Å². The number of carbonyl (C=O) groups is 1. The van der Waals surface area contributed by atoms with Crippen LogP contribution < -0.4 is 5.73 Å². The quantitative estimate of drug-likeness (QED) is 0.877. The van der Waals surface area contributed by atoms with Gasteiger partial charge in [0.25, 0.3) is 0 Å². The zero-order chi connectivity index (χ0) is 13.1. The summed E-state index contributed by atoms with van der Waals surface area (Å²) < 4.78 is 0. The largest absolute Gasteiger partial charge is 0.397 e. The first-order valence-corrected chi connectivity index (χ1v) is 6.01. The molecule has 3 nitrogen and oxygen atoms in total. The Balaban J connectivity index is 2.30. The normalized spacial score (nSPS) is 10.3. The van der Waals surface area contributed by atoms with Crippen molar-refractivity contribution in [3.8, 4) is 0 Å². The maximum atomic E-state index is 12.1. The lowest BCUT2D eigenvalue weighted by Crippen LogP contribution is -2.09. The first-order chi connectivity index (χ1) is 8.59. The summed E-state index contributed by atoms with van der Waals surface area (Å²) in [5, 5.41) is 0.927. The number of anilines is 1. The Hall–Kier alpha value is -1.58. The molecule has 92 valence electrons. The molecule has 0 saturated heterocycles. The standard InChI is InChI=1S/C13H10Cl2N2O/c14-9-3-1-4-10(15)8(9)7-12(18)13-11(16)5-2-6-17-13/h1-6H,7,16H2. The number of nitrogens with two attached hydrogens (primary N) is 1. The van der Waals surface area contributed by atoms with Crippen LogP contribution in [0.2, 0.25) is 10.0 Å². The molecule has 0 spiro atoms. The van der Waals surface area contributed by atoms with Gasteiger partial charge in [-0.3, -0.25) is 9.78 Å². The van der Waals surface area contributed by atoms with E-state index >= 15 is 0 Å². The van der Waals surface area contributed by atoms with Gasteiger partial charge in [-0.1, -0.05) is 29.3 Å². The highest BCUT2D eigenvalue weighted by Gasteiger charge is 2.15. The van der Waals surface area contributed by atoms with Crippen LogP contribution in [0.15, 0.2) is 36.5 Å². The second-order valence-corrected chi connectivity index (χ2v) is 4.56.